The van der Waals surface area contributed by atoms with Crippen LogP contribution in [0.25, 0.3) is 5.69 Å². The van der Waals surface area contributed by atoms with E-state index >= 15 is 0 Å². The summed E-state index contributed by atoms with van der Waals surface area (Å²) in [6, 6.07) is 3.87. The van der Waals surface area contributed by atoms with Crippen LogP contribution < -0.4 is 5.46 Å². The van der Waals surface area contributed by atoms with Crippen LogP contribution in [0.2, 0.25) is 0 Å². The van der Waals surface area contributed by atoms with Gasteiger partial charge in [0.25, 0.3) is 0 Å². The van der Waals surface area contributed by atoms with Crippen molar-refractivity contribution in [1.29, 1.82) is 0 Å². The number of aromatic nitrogens is 2. The van der Waals surface area contributed by atoms with Crippen LogP contribution in [-0.4, -0.2) is 26.7 Å². The zero-order valence-electron chi connectivity index (χ0n) is 8.63. The third-order valence-electron chi connectivity index (χ3n) is 2.21. The van der Waals surface area contributed by atoms with Crippen LogP contribution in [-0.2, 0) is 0 Å². The van der Waals surface area contributed by atoms with Crippen LogP contribution in [0.1, 0.15) is 5.69 Å². The van der Waals surface area contributed by atoms with Crippen molar-refractivity contribution in [2.24, 2.45) is 0 Å². The Morgan fingerprint density at radius 1 is 1.31 bits per heavy atom. The lowest BCUT2D eigenvalue weighted by Crippen LogP contribution is -2.30. The van der Waals surface area contributed by atoms with Gasteiger partial charge in [0.2, 0.25) is 0 Å². The molecule has 4 nitrogen and oxygen atoms in total. The lowest BCUT2D eigenvalue weighted by Gasteiger charge is -2.05. The molecule has 0 spiro atoms. The van der Waals surface area contributed by atoms with E-state index in [2.05, 4.69) is 4.98 Å². The van der Waals surface area contributed by atoms with Crippen LogP contribution in [0.4, 0.5) is 4.39 Å². The van der Waals surface area contributed by atoms with Gasteiger partial charge in [0.1, 0.15) is 5.82 Å². The van der Waals surface area contributed by atoms with E-state index in [1.807, 2.05) is 6.92 Å². The predicted molar refractivity (Wildman–Crippen MR) is 58.1 cm³/mol. The van der Waals surface area contributed by atoms with Crippen LogP contribution in [0.5, 0.6) is 0 Å². The summed E-state index contributed by atoms with van der Waals surface area (Å²) in [4.78, 5) is 4.01. The van der Waals surface area contributed by atoms with Crippen molar-refractivity contribution in [2.45, 2.75) is 6.92 Å². The van der Waals surface area contributed by atoms with Gasteiger partial charge in [-0.05, 0) is 30.6 Å². The number of imidazole rings is 1. The van der Waals surface area contributed by atoms with Gasteiger partial charge < -0.3 is 14.6 Å². The zero-order valence-corrected chi connectivity index (χ0v) is 8.63. The summed E-state index contributed by atoms with van der Waals surface area (Å²) in [5.74, 6) is -0.521. The average Bonchev–Trinajstić information content (AvgIpc) is 2.64. The topological polar surface area (TPSA) is 58.3 Å². The fourth-order valence-corrected chi connectivity index (χ4v) is 1.46. The van der Waals surface area contributed by atoms with Crippen molar-refractivity contribution in [3.8, 4) is 5.69 Å². The molecule has 16 heavy (non-hydrogen) atoms. The monoisotopic (exact) mass is 220 g/mol. The summed E-state index contributed by atoms with van der Waals surface area (Å²) in [5.41, 5.74) is 1.42. The number of halogens is 1. The van der Waals surface area contributed by atoms with E-state index in [0.717, 1.165) is 11.8 Å². The highest BCUT2D eigenvalue weighted by Gasteiger charge is 2.13. The molecule has 0 saturated heterocycles. The van der Waals surface area contributed by atoms with Gasteiger partial charge in [-0.1, -0.05) is 0 Å². The van der Waals surface area contributed by atoms with E-state index in [4.69, 9.17) is 10.0 Å². The van der Waals surface area contributed by atoms with Crippen molar-refractivity contribution in [1.82, 2.24) is 9.55 Å². The normalized spacial score (nSPS) is 10.5. The summed E-state index contributed by atoms with van der Waals surface area (Å²) in [6.45, 7) is 1.82. The molecule has 0 aliphatic heterocycles. The van der Waals surface area contributed by atoms with Crippen molar-refractivity contribution in [3.63, 3.8) is 0 Å². The molecular formula is C10H10BFN2O2. The minimum Gasteiger partial charge on any atom is -0.423 e. The maximum atomic E-state index is 13.2. The number of benzene rings is 1. The Balaban J connectivity index is 2.49. The zero-order chi connectivity index (χ0) is 11.7. The van der Waals surface area contributed by atoms with Crippen LogP contribution in [0.3, 0.4) is 0 Å². The number of hydrogen-bond acceptors (Lipinski definition) is 3. The van der Waals surface area contributed by atoms with Crippen molar-refractivity contribution in [2.75, 3.05) is 0 Å². The van der Waals surface area contributed by atoms with Gasteiger partial charge in [-0.25, -0.2) is 9.37 Å². The predicted octanol–water partition coefficient (Wildman–Crippen LogP) is -0.000380. The average molecular weight is 220 g/mol. The Bertz CT molecular complexity index is 513. The highest BCUT2D eigenvalue weighted by atomic mass is 19.1. The molecule has 0 aliphatic rings. The molecule has 1 aromatic carbocycles. The second-order valence-corrected chi connectivity index (χ2v) is 3.54. The van der Waals surface area contributed by atoms with Gasteiger partial charge in [0.05, 0.1) is 12.0 Å². The molecule has 0 bridgehead atoms. The minimum absolute atomic E-state index is 0.112. The third kappa shape index (κ3) is 2.12. The molecule has 2 aromatic rings. The van der Waals surface area contributed by atoms with Gasteiger partial charge in [-0.3, -0.25) is 0 Å². The van der Waals surface area contributed by atoms with Gasteiger partial charge in [0.15, 0.2) is 0 Å². The number of rotatable bonds is 2. The molecule has 0 radical (unpaired) electrons. The molecule has 0 unspecified atom stereocenters. The van der Waals surface area contributed by atoms with Crippen molar-refractivity contribution < 1.29 is 14.4 Å². The summed E-state index contributed by atoms with van der Waals surface area (Å²) in [7, 11) is -1.68. The Hall–Kier alpha value is -1.66. The fraction of sp³-hybridized carbons (Fsp3) is 0.100. The maximum Gasteiger partial charge on any atom is 0.488 e. The first-order valence-corrected chi connectivity index (χ1v) is 4.74. The van der Waals surface area contributed by atoms with Crippen LogP contribution >= 0.6 is 0 Å². The highest BCUT2D eigenvalue weighted by Crippen LogP contribution is 2.09. The molecule has 0 amide bonds. The van der Waals surface area contributed by atoms with Crippen LogP contribution in [0.15, 0.2) is 30.7 Å². The summed E-state index contributed by atoms with van der Waals surface area (Å²) in [6.07, 6.45) is 3.26. The van der Waals surface area contributed by atoms with E-state index in [1.54, 1.807) is 10.8 Å². The second kappa shape index (κ2) is 4.07. The lowest BCUT2D eigenvalue weighted by molar-refractivity contribution is 0.425. The first-order chi connectivity index (χ1) is 7.56. The minimum atomic E-state index is -1.68. The fourth-order valence-electron chi connectivity index (χ4n) is 1.46. The number of aryl methyl sites for hydroxylation is 1. The SMILES string of the molecule is Cc1cn(-c2cc(F)cc(B(O)O)c2)cn1. The Kier molecular flexibility index (Phi) is 2.76. The van der Waals surface area contributed by atoms with Crippen LogP contribution in [0, 0.1) is 12.7 Å². The van der Waals surface area contributed by atoms with Gasteiger partial charge in [-0.2, -0.15) is 0 Å². The quantitative estimate of drug-likeness (QED) is 0.700. The molecule has 0 aliphatic carbocycles. The van der Waals surface area contributed by atoms with Crippen molar-refractivity contribution >= 4 is 12.6 Å². The first kappa shape index (κ1) is 10.8. The van der Waals surface area contributed by atoms with E-state index in [9.17, 15) is 4.39 Å². The Labute approximate surface area is 92.1 Å². The maximum absolute atomic E-state index is 13.2. The summed E-state index contributed by atoms with van der Waals surface area (Å²) < 4.78 is 14.8. The van der Waals surface area contributed by atoms with Gasteiger partial charge >= 0.3 is 7.12 Å². The van der Waals surface area contributed by atoms with E-state index in [0.29, 0.717) is 5.69 Å². The number of hydrogen-bond donors (Lipinski definition) is 2. The second-order valence-electron chi connectivity index (χ2n) is 3.54. The van der Waals surface area contributed by atoms with Gasteiger partial charge in [0, 0.05) is 11.9 Å². The molecule has 0 fully saturated rings. The molecule has 1 aromatic heterocycles. The van der Waals surface area contributed by atoms with E-state index < -0.39 is 12.9 Å². The summed E-state index contributed by atoms with van der Waals surface area (Å²) >= 11 is 0. The molecule has 82 valence electrons. The molecule has 6 heteroatoms. The van der Waals surface area contributed by atoms with Gasteiger partial charge in [-0.15, -0.1) is 0 Å². The first-order valence-electron chi connectivity index (χ1n) is 4.74. The molecule has 0 atom stereocenters. The molecule has 2 rings (SSSR count). The molecule has 0 saturated carbocycles. The molecule has 2 N–H and O–H groups in total. The largest absolute Gasteiger partial charge is 0.488 e. The molecular weight excluding hydrogens is 210 g/mol. The van der Waals surface area contributed by atoms with E-state index in [-0.39, 0.29) is 5.46 Å². The molecule has 1 heterocycles. The lowest BCUT2D eigenvalue weighted by atomic mass is 9.80. The smallest absolute Gasteiger partial charge is 0.423 e. The Morgan fingerprint density at radius 3 is 2.62 bits per heavy atom. The number of nitrogens with zero attached hydrogens (tertiary/aromatic N) is 2. The van der Waals surface area contributed by atoms with Crippen molar-refractivity contribution in [3.05, 3.63) is 42.2 Å². The highest BCUT2D eigenvalue weighted by molar-refractivity contribution is 6.58. The third-order valence-corrected chi connectivity index (χ3v) is 2.21. The van der Waals surface area contributed by atoms with E-state index in [1.165, 1.54) is 18.5 Å². The Morgan fingerprint density at radius 2 is 2.06 bits per heavy atom. The standard InChI is InChI=1S/C10H10BFN2O2/c1-7-5-14(6-13-7)10-3-8(11(15)16)2-9(12)4-10/h2-6,15-16H,1H3. The summed E-state index contributed by atoms with van der Waals surface area (Å²) in [5, 5.41) is 18.0.